The molecule has 5 rings (SSSR count). The molecule has 0 aromatic heterocycles. The summed E-state index contributed by atoms with van der Waals surface area (Å²) in [5.41, 5.74) is 0.961. The third-order valence-electron chi connectivity index (χ3n) is 7.56. The molecular weight excluding hydrogens is 489 g/mol. The molecule has 10 nitrogen and oxygen atoms in total. The number of Topliss-reactive ketones (excluding diaryl/α,β-unsaturated/α-hetero) is 1. The Bertz CT molecular complexity index is 1330. The molecule has 37 heavy (non-hydrogen) atoms. The molecule has 0 radical (unpaired) electrons. The average Bonchev–Trinajstić information content (AvgIpc) is 2.85. The van der Waals surface area contributed by atoms with Crippen LogP contribution in [0.5, 0.6) is 11.5 Å². The van der Waals surface area contributed by atoms with Gasteiger partial charge in [-0.15, -0.1) is 0 Å². The number of ether oxygens (including phenoxy) is 2. The van der Waals surface area contributed by atoms with Crippen LogP contribution in [0.15, 0.2) is 24.3 Å². The van der Waals surface area contributed by atoms with Gasteiger partial charge in [-0.2, -0.15) is 0 Å². The Labute approximate surface area is 210 Å². The number of phenolic OH excluding ortho intramolecular Hbond substituents is 2. The van der Waals surface area contributed by atoms with E-state index in [-0.39, 0.29) is 23.1 Å². The maximum atomic E-state index is 15.9. The zero-order valence-corrected chi connectivity index (χ0v) is 20.0. The van der Waals surface area contributed by atoms with Crippen LogP contribution in [0.3, 0.4) is 0 Å². The average molecular weight is 515 g/mol. The number of alkyl halides is 1. The summed E-state index contributed by atoms with van der Waals surface area (Å²) in [6.07, 6.45) is -7.55. The Morgan fingerprint density at radius 3 is 2.16 bits per heavy atom. The third kappa shape index (κ3) is 3.61. The number of aliphatic hydroxyl groups excluding tert-OH is 1. The summed E-state index contributed by atoms with van der Waals surface area (Å²) in [6, 6.07) is 5.03. The number of aliphatic hydroxyl groups is 2. The monoisotopic (exact) mass is 515 g/mol. The van der Waals surface area contributed by atoms with Crippen molar-refractivity contribution in [3.63, 3.8) is 0 Å². The molecule has 196 valence electrons. The number of carbonyl (C=O) groups is 3. The van der Waals surface area contributed by atoms with Crippen molar-refractivity contribution < 1.29 is 48.7 Å². The van der Waals surface area contributed by atoms with E-state index in [0.29, 0.717) is 0 Å². The number of hydrogen-bond acceptors (Lipinski definition) is 10. The number of rotatable bonds is 3. The highest BCUT2D eigenvalue weighted by atomic mass is 19.1. The van der Waals surface area contributed by atoms with Gasteiger partial charge in [0.05, 0.1) is 29.4 Å². The summed E-state index contributed by atoms with van der Waals surface area (Å²) >= 11 is 0. The fourth-order valence-electron chi connectivity index (χ4n) is 5.46. The first-order valence-electron chi connectivity index (χ1n) is 11.8. The van der Waals surface area contributed by atoms with E-state index in [2.05, 4.69) is 0 Å². The number of phenols is 2. The molecule has 1 heterocycles. The summed E-state index contributed by atoms with van der Waals surface area (Å²) in [6.45, 7) is 2.51. The fourth-order valence-corrected chi connectivity index (χ4v) is 5.46. The maximum Gasteiger partial charge on any atom is 0.198 e. The summed E-state index contributed by atoms with van der Waals surface area (Å²) in [4.78, 5) is 39.0. The van der Waals surface area contributed by atoms with Gasteiger partial charge < -0.3 is 35.6 Å². The van der Waals surface area contributed by atoms with Crippen molar-refractivity contribution in [1.82, 2.24) is 0 Å². The number of halogens is 1. The molecule has 7 atom stereocenters. The highest BCUT2D eigenvalue weighted by Crippen LogP contribution is 2.56. The van der Waals surface area contributed by atoms with Crippen molar-refractivity contribution in [1.29, 1.82) is 0 Å². The lowest BCUT2D eigenvalue weighted by Crippen LogP contribution is -2.53. The number of carbonyl (C=O) groups excluding carboxylic acids is 3. The molecule has 6 N–H and O–H groups in total. The quantitative estimate of drug-likeness (QED) is 0.321. The van der Waals surface area contributed by atoms with Gasteiger partial charge in [0.2, 0.25) is 0 Å². The molecule has 2 aromatic carbocycles. The maximum absolute atomic E-state index is 15.9. The van der Waals surface area contributed by atoms with Crippen LogP contribution >= 0.6 is 0 Å². The molecule has 2 aromatic rings. The minimum atomic E-state index is -2.68. The molecular formula is C26H26FNO9. The van der Waals surface area contributed by atoms with E-state index in [9.17, 15) is 34.8 Å². The summed E-state index contributed by atoms with van der Waals surface area (Å²) in [5.74, 6) is -4.35. The molecule has 2 aliphatic carbocycles. The topological polar surface area (TPSA) is 177 Å². The van der Waals surface area contributed by atoms with E-state index in [4.69, 9.17) is 15.2 Å². The SMILES string of the molecule is CC(=O)[C@@]1(O)C[C@H](O[C@H]2C[C@H](N)[C@@H](O)[C@H](C)O2)c2c(O)c3c(c(O)c2[C@H]1F)C(=O)c1ccccc1C3=O. The van der Waals surface area contributed by atoms with Gasteiger partial charge >= 0.3 is 0 Å². The van der Waals surface area contributed by atoms with Crippen LogP contribution < -0.4 is 5.73 Å². The van der Waals surface area contributed by atoms with Crippen LogP contribution in [0.25, 0.3) is 0 Å². The van der Waals surface area contributed by atoms with Crippen molar-refractivity contribution in [2.45, 2.75) is 69.1 Å². The minimum absolute atomic E-state index is 0.00985. The van der Waals surface area contributed by atoms with Gasteiger partial charge in [0.1, 0.15) is 11.5 Å². The standard InChI is InChI=1S/C26H26FNO9/c1-9-20(30)13(28)7-15(36-9)37-14-8-26(35,10(2)29)25(27)19-16(14)23(33)17-18(24(19)34)22(32)12-6-4-3-5-11(12)21(17)31/h3-6,9,13-15,20,25,30,33-35H,7-8,28H2,1-2H3/t9-,13-,14-,15-,20-,25+,26-/m0/s1. The summed E-state index contributed by atoms with van der Waals surface area (Å²) in [5, 5.41) is 43.6. The normalized spacial score (nSPS) is 32.9. The van der Waals surface area contributed by atoms with Crippen molar-refractivity contribution >= 4 is 17.3 Å². The van der Waals surface area contributed by atoms with Gasteiger partial charge in [0, 0.05) is 41.1 Å². The minimum Gasteiger partial charge on any atom is -0.507 e. The van der Waals surface area contributed by atoms with E-state index in [1.54, 1.807) is 6.92 Å². The van der Waals surface area contributed by atoms with Crippen molar-refractivity contribution in [2.75, 3.05) is 0 Å². The van der Waals surface area contributed by atoms with Crippen LogP contribution in [0.4, 0.5) is 4.39 Å². The van der Waals surface area contributed by atoms with Gasteiger partial charge in [-0.05, 0) is 13.8 Å². The van der Waals surface area contributed by atoms with Crippen LogP contribution in [0, 0.1) is 0 Å². The fraction of sp³-hybridized carbons (Fsp3) is 0.423. The number of fused-ring (bicyclic) bond motifs is 3. The summed E-state index contributed by atoms with van der Waals surface area (Å²) < 4.78 is 27.4. The Hall–Kier alpha value is -3.22. The second-order valence-electron chi connectivity index (χ2n) is 9.81. The second-order valence-corrected chi connectivity index (χ2v) is 9.81. The molecule has 0 bridgehead atoms. The van der Waals surface area contributed by atoms with Gasteiger partial charge in [0.15, 0.2) is 35.4 Å². The van der Waals surface area contributed by atoms with Crippen LogP contribution in [0.2, 0.25) is 0 Å². The first-order chi connectivity index (χ1) is 17.4. The Morgan fingerprint density at radius 2 is 1.65 bits per heavy atom. The van der Waals surface area contributed by atoms with Gasteiger partial charge in [-0.25, -0.2) is 4.39 Å². The van der Waals surface area contributed by atoms with Crippen LogP contribution in [-0.4, -0.2) is 67.9 Å². The molecule has 0 unspecified atom stereocenters. The number of benzene rings is 2. The molecule has 11 heteroatoms. The molecule has 0 amide bonds. The molecule has 0 saturated carbocycles. The largest absolute Gasteiger partial charge is 0.507 e. The van der Waals surface area contributed by atoms with E-state index in [1.165, 1.54) is 24.3 Å². The highest BCUT2D eigenvalue weighted by Gasteiger charge is 2.55. The smallest absolute Gasteiger partial charge is 0.198 e. The Balaban J connectivity index is 1.70. The first-order valence-corrected chi connectivity index (χ1v) is 11.8. The Morgan fingerprint density at radius 1 is 1.11 bits per heavy atom. The summed E-state index contributed by atoms with van der Waals surface area (Å²) in [7, 11) is 0. The van der Waals surface area contributed by atoms with E-state index < -0.39 is 94.4 Å². The van der Waals surface area contributed by atoms with Gasteiger partial charge in [-0.1, -0.05) is 24.3 Å². The predicted molar refractivity (Wildman–Crippen MR) is 124 cm³/mol. The highest BCUT2D eigenvalue weighted by molar-refractivity contribution is 6.30. The molecule has 1 aliphatic heterocycles. The third-order valence-corrected chi connectivity index (χ3v) is 7.56. The van der Waals surface area contributed by atoms with Crippen molar-refractivity contribution in [2.24, 2.45) is 5.73 Å². The molecule has 1 saturated heterocycles. The zero-order chi connectivity index (χ0) is 27.0. The number of ketones is 3. The number of hydrogen-bond donors (Lipinski definition) is 5. The molecule has 3 aliphatic rings. The van der Waals surface area contributed by atoms with Crippen molar-refractivity contribution in [3.8, 4) is 11.5 Å². The van der Waals surface area contributed by atoms with E-state index >= 15 is 4.39 Å². The van der Waals surface area contributed by atoms with Gasteiger partial charge in [0.25, 0.3) is 0 Å². The van der Waals surface area contributed by atoms with Gasteiger partial charge in [-0.3, -0.25) is 14.4 Å². The molecule has 1 fully saturated rings. The van der Waals surface area contributed by atoms with Crippen LogP contribution in [0.1, 0.15) is 81.9 Å². The lowest BCUT2D eigenvalue weighted by atomic mass is 9.71. The number of aromatic hydroxyl groups is 2. The zero-order valence-electron chi connectivity index (χ0n) is 20.0. The Kier molecular flexibility index (Phi) is 5.96. The lowest BCUT2D eigenvalue weighted by Gasteiger charge is -2.43. The second kappa shape index (κ2) is 8.67. The number of nitrogens with two attached hydrogens (primary N) is 1. The lowest BCUT2D eigenvalue weighted by molar-refractivity contribution is -0.249. The molecule has 0 spiro atoms. The predicted octanol–water partition coefficient (Wildman–Crippen LogP) is 1.49. The first kappa shape index (κ1) is 25.4. The van der Waals surface area contributed by atoms with E-state index in [0.717, 1.165) is 6.92 Å². The van der Waals surface area contributed by atoms with Crippen LogP contribution in [-0.2, 0) is 14.3 Å². The van der Waals surface area contributed by atoms with Crippen molar-refractivity contribution in [3.05, 3.63) is 57.6 Å². The van der Waals surface area contributed by atoms with E-state index in [1.807, 2.05) is 0 Å².